The molecule has 0 heterocycles. The second-order valence-corrected chi connectivity index (χ2v) is 5.60. The van der Waals surface area contributed by atoms with Crippen molar-refractivity contribution >= 4 is 21.5 Å². The number of hydrogen-bond acceptors (Lipinski definition) is 1. The van der Waals surface area contributed by atoms with Crippen molar-refractivity contribution in [2.75, 3.05) is 7.11 Å². The van der Waals surface area contributed by atoms with E-state index < -0.39 is 0 Å². The average molecular weight is 315 g/mol. The minimum absolute atomic E-state index is 0.898. The zero-order valence-electron chi connectivity index (χ0n) is 10.8. The first kappa shape index (κ1) is 12.5. The fourth-order valence-electron chi connectivity index (χ4n) is 2.54. The molecule has 0 radical (unpaired) electrons. The van der Waals surface area contributed by atoms with Gasteiger partial charge in [-0.2, -0.15) is 0 Å². The van der Waals surface area contributed by atoms with Crippen LogP contribution in [0.3, 0.4) is 0 Å². The molecule has 1 nitrogen and oxygen atoms in total. The number of methoxy groups -OCH3 is 1. The molecule has 1 aliphatic rings. The maximum absolute atomic E-state index is 5.22. The molecule has 96 valence electrons. The number of allylic oxidation sites excluding steroid dienone is 1. The Labute approximate surface area is 122 Å². The first-order valence-corrected chi connectivity index (χ1v) is 7.20. The molecule has 3 rings (SSSR count). The van der Waals surface area contributed by atoms with Crippen LogP contribution in [0.5, 0.6) is 5.75 Å². The SMILES string of the molecule is COc1ccc(C2=CCCc3ccc(Br)cc32)cc1. The number of halogens is 1. The topological polar surface area (TPSA) is 9.23 Å². The smallest absolute Gasteiger partial charge is 0.118 e. The van der Waals surface area contributed by atoms with Gasteiger partial charge in [-0.3, -0.25) is 0 Å². The Morgan fingerprint density at radius 1 is 1.05 bits per heavy atom. The molecule has 0 saturated heterocycles. The highest BCUT2D eigenvalue weighted by Crippen LogP contribution is 2.34. The Kier molecular flexibility index (Phi) is 3.43. The first-order valence-electron chi connectivity index (χ1n) is 6.41. The van der Waals surface area contributed by atoms with Crippen LogP contribution in [0.25, 0.3) is 5.57 Å². The summed E-state index contributed by atoms with van der Waals surface area (Å²) in [5.41, 5.74) is 5.34. The highest BCUT2D eigenvalue weighted by Gasteiger charge is 2.14. The van der Waals surface area contributed by atoms with E-state index in [4.69, 9.17) is 4.74 Å². The molecular formula is C17H15BrO. The zero-order chi connectivity index (χ0) is 13.2. The summed E-state index contributed by atoms with van der Waals surface area (Å²) in [4.78, 5) is 0. The molecule has 0 N–H and O–H groups in total. The van der Waals surface area contributed by atoms with Crippen molar-refractivity contribution in [1.29, 1.82) is 0 Å². The Morgan fingerprint density at radius 2 is 1.84 bits per heavy atom. The van der Waals surface area contributed by atoms with Crippen LogP contribution in [0.4, 0.5) is 0 Å². The lowest BCUT2D eigenvalue weighted by Gasteiger charge is -2.18. The summed E-state index contributed by atoms with van der Waals surface area (Å²) < 4.78 is 6.35. The lowest BCUT2D eigenvalue weighted by Crippen LogP contribution is -2.01. The molecule has 0 spiro atoms. The molecule has 0 aliphatic heterocycles. The maximum atomic E-state index is 5.22. The molecule has 0 fully saturated rings. The molecule has 1 aliphatic carbocycles. The van der Waals surface area contributed by atoms with E-state index in [0.717, 1.165) is 23.1 Å². The molecule has 2 heteroatoms. The Hall–Kier alpha value is -1.54. The van der Waals surface area contributed by atoms with E-state index in [1.807, 2.05) is 12.1 Å². The Morgan fingerprint density at radius 3 is 2.58 bits per heavy atom. The Balaban J connectivity index is 2.05. The van der Waals surface area contributed by atoms with Crippen LogP contribution in [0.2, 0.25) is 0 Å². The van der Waals surface area contributed by atoms with Gasteiger partial charge in [0.25, 0.3) is 0 Å². The van der Waals surface area contributed by atoms with Gasteiger partial charge in [0.15, 0.2) is 0 Å². The summed E-state index contributed by atoms with van der Waals surface area (Å²) in [5, 5.41) is 0. The van der Waals surface area contributed by atoms with E-state index >= 15 is 0 Å². The van der Waals surface area contributed by atoms with Crippen molar-refractivity contribution in [3.05, 3.63) is 69.7 Å². The molecule has 0 saturated carbocycles. The van der Waals surface area contributed by atoms with Gasteiger partial charge in [0.05, 0.1) is 7.11 Å². The van der Waals surface area contributed by atoms with Gasteiger partial charge in [-0.1, -0.05) is 40.2 Å². The van der Waals surface area contributed by atoms with E-state index in [-0.39, 0.29) is 0 Å². The third kappa shape index (κ3) is 2.45. The van der Waals surface area contributed by atoms with Gasteiger partial charge < -0.3 is 4.74 Å². The number of aryl methyl sites for hydroxylation is 1. The monoisotopic (exact) mass is 314 g/mol. The standard InChI is InChI=1S/C17H15BrO/c1-19-15-9-6-13(7-10-15)16-4-2-3-12-5-8-14(18)11-17(12)16/h4-11H,2-3H2,1H3. The van der Waals surface area contributed by atoms with Gasteiger partial charge in [0.2, 0.25) is 0 Å². The summed E-state index contributed by atoms with van der Waals surface area (Å²) in [6.45, 7) is 0. The fourth-order valence-corrected chi connectivity index (χ4v) is 2.90. The highest BCUT2D eigenvalue weighted by atomic mass is 79.9. The van der Waals surface area contributed by atoms with Crippen LogP contribution < -0.4 is 4.74 Å². The average Bonchev–Trinajstić information content (AvgIpc) is 2.47. The minimum atomic E-state index is 0.898. The third-order valence-corrected chi connectivity index (χ3v) is 4.02. The molecular weight excluding hydrogens is 300 g/mol. The minimum Gasteiger partial charge on any atom is -0.497 e. The largest absolute Gasteiger partial charge is 0.497 e. The van der Waals surface area contributed by atoms with Gasteiger partial charge in [-0.05, 0) is 59.4 Å². The number of hydrogen-bond donors (Lipinski definition) is 0. The van der Waals surface area contributed by atoms with E-state index in [1.165, 1.54) is 22.3 Å². The number of ether oxygens (including phenoxy) is 1. The van der Waals surface area contributed by atoms with Crippen LogP contribution in [0.15, 0.2) is 53.0 Å². The molecule has 0 bridgehead atoms. The van der Waals surface area contributed by atoms with Crippen molar-refractivity contribution in [3.63, 3.8) is 0 Å². The Bertz CT molecular complexity index is 626. The van der Waals surface area contributed by atoms with Gasteiger partial charge >= 0.3 is 0 Å². The van der Waals surface area contributed by atoms with Crippen LogP contribution in [-0.4, -0.2) is 7.11 Å². The summed E-state index contributed by atoms with van der Waals surface area (Å²) in [7, 11) is 1.70. The van der Waals surface area contributed by atoms with E-state index in [0.29, 0.717) is 0 Å². The molecule has 0 atom stereocenters. The molecule has 0 aromatic heterocycles. The quantitative estimate of drug-likeness (QED) is 0.771. The predicted molar refractivity (Wildman–Crippen MR) is 82.5 cm³/mol. The first-order chi connectivity index (χ1) is 9.28. The lowest BCUT2D eigenvalue weighted by atomic mass is 9.87. The third-order valence-electron chi connectivity index (χ3n) is 3.53. The molecule has 19 heavy (non-hydrogen) atoms. The highest BCUT2D eigenvalue weighted by molar-refractivity contribution is 9.10. The predicted octanol–water partition coefficient (Wildman–Crippen LogP) is 4.84. The van der Waals surface area contributed by atoms with Crippen LogP contribution in [-0.2, 0) is 6.42 Å². The van der Waals surface area contributed by atoms with Gasteiger partial charge in [-0.15, -0.1) is 0 Å². The normalized spacial score (nSPS) is 13.7. The van der Waals surface area contributed by atoms with E-state index in [1.54, 1.807) is 7.11 Å². The van der Waals surface area contributed by atoms with Crippen molar-refractivity contribution < 1.29 is 4.74 Å². The summed E-state index contributed by atoms with van der Waals surface area (Å²) >= 11 is 3.57. The second kappa shape index (κ2) is 5.22. The van der Waals surface area contributed by atoms with Crippen molar-refractivity contribution in [1.82, 2.24) is 0 Å². The van der Waals surface area contributed by atoms with Crippen molar-refractivity contribution in [3.8, 4) is 5.75 Å². The number of rotatable bonds is 2. The molecule has 2 aromatic carbocycles. The lowest BCUT2D eigenvalue weighted by molar-refractivity contribution is 0.415. The van der Waals surface area contributed by atoms with Crippen LogP contribution in [0.1, 0.15) is 23.1 Å². The van der Waals surface area contributed by atoms with Gasteiger partial charge in [0, 0.05) is 4.47 Å². The number of fused-ring (bicyclic) bond motifs is 1. The second-order valence-electron chi connectivity index (χ2n) is 4.69. The molecule has 2 aromatic rings. The fraction of sp³-hybridized carbons (Fsp3) is 0.176. The maximum Gasteiger partial charge on any atom is 0.118 e. The number of benzene rings is 2. The van der Waals surface area contributed by atoms with Crippen LogP contribution >= 0.6 is 15.9 Å². The van der Waals surface area contributed by atoms with Gasteiger partial charge in [-0.25, -0.2) is 0 Å². The van der Waals surface area contributed by atoms with Crippen molar-refractivity contribution in [2.45, 2.75) is 12.8 Å². The summed E-state index contributed by atoms with van der Waals surface area (Å²) in [6.07, 6.45) is 4.56. The van der Waals surface area contributed by atoms with E-state index in [2.05, 4.69) is 52.3 Å². The van der Waals surface area contributed by atoms with Gasteiger partial charge in [0.1, 0.15) is 5.75 Å². The molecule has 0 amide bonds. The van der Waals surface area contributed by atoms with Crippen molar-refractivity contribution in [2.24, 2.45) is 0 Å². The zero-order valence-corrected chi connectivity index (χ0v) is 12.4. The van der Waals surface area contributed by atoms with E-state index in [9.17, 15) is 0 Å². The summed E-state index contributed by atoms with van der Waals surface area (Å²) in [5.74, 6) is 0.898. The molecule has 0 unspecified atom stereocenters. The summed E-state index contributed by atoms with van der Waals surface area (Å²) in [6, 6.07) is 14.8. The van der Waals surface area contributed by atoms with Crippen LogP contribution in [0, 0.1) is 0 Å².